The molecule has 0 spiro atoms. The second-order valence-electron chi connectivity index (χ2n) is 4.90. The van der Waals surface area contributed by atoms with Crippen LogP contribution >= 0.6 is 0 Å². The Morgan fingerprint density at radius 2 is 2.05 bits per heavy atom. The highest BCUT2D eigenvalue weighted by Gasteiger charge is 2.13. The average Bonchev–Trinajstić information content (AvgIpc) is 2.81. The minimum Gasteiger partial charge on any atom is -0.478 e. The van der Waals surface area contributed by atoms with E-state index >= 15 is 0 Å². The molecule has 100 valence electrons. The van der Waals surface area contributed by atoms with E-state index in [4.69, 9.17) is 0 Å². The van der Waals surface area contributed by atoms with Gasteiger partial charge >= 0.3 is 5.97 Å². The minimum atomic E-state index is -0.964. The monoisotopic (exact) mass is 266 g/mol. The highest BCUT2D eigenvalue weighted by molar-refractivity contribution is 5.94. The summed E-state index contributed by atoms with van der Waals surface area (Å²) >= 11 is 0. The van der Waals surface area contributed by atoms with Crippen molar-refractivity contribution in [3.05, 3.63) is 59.4 Å². The Kier molecular flexibility index (Phi) is 2.79. The Bertz CT molecular complexity index is 818. The van der Waals surface area contributed by atoms with Gasteiger partial charge in [0.1, 0.15) is 5.56 Å². The van der Waals surface area contributed by atoms with Gasteiger partial charge in [-0.3, -0.25) is 0 Å². The van der Waals surface area contributed by atoms with Gasteiger partial charge in [-0.15, -0.1) is 0 Å². The summed E-state index contributed by atoms with van der Waals surface area (Å²) in [5.41, 5.74) is 4.82. The lowest BCUT2D eigenvalue weighted by Gasteiger charge is -2.03. The fourth-order valence-electron chi connectivity index (χ4n) is 2.41. The molecule has 1 aromatic carbocycles. The van der Waals surface area contributed by atoms with Crippen LogP contribution in [0.4, 0.5) is 0 Å². The second-order valence-corrected chi connectivity index (χ2v) is 4.90. The number of carboxylic acids is 1. The molecule has 3 aromatic rings. The van der Waals surface area contributed by atoms with Gasteiger partial charge < -0.3 is 9.51 Å². The predicted octanol–water partition coefficient (Wildman–Crippen LogP) is 3.32. The molecule has 20 heavy (non-hydrogen) atoms. The molecule has 0 atom stereocenters. The maximum atomic E-state index is 11.2. The summed E-state index contributed by atoms with van der Waals surface area (Å²) in [7, 11) is 0. The molecule has 0 saturated carbocycles. The summed E-state index contributed by atoms with van der Waals surface area (Å²) < 4.78 is 1.75. The van der Waals surface area contributed by atoms with E-state index in [0.717, 1.165) is 16.8 Å². The maximum absolute atomic E-state index is 11.2. The van der Waals surface area contributed by atoms with Crippen LogP contribution in [-0.2, 0) is 0 Å². The van der Waals surface area contributed by atoms with Gasteiger partial charge in [0.15, 0.2) is 5.65 Å². The summed E-state index contributed by atoms with van der Waals surface area (Å²) in [6.45, 7) is 4.08. The van der Waals surface area contributed by atoms with E-state index in [9.17, 15) is 9.90 Å². The molecule has 0 radical (unpaired) electrons. The second kappa shape index (κ2) is 4.49. The first-order chi connectivity index (χ1) is 9.56. The zero-order chi connectivity index (χ0) is 14.3. The van der Waals surface area contributed by atoms with Crippen LogP contribution in [0.15, 0.2) is 42.7 Å². The number of aromatic carboxylic acids is 1. The van der Waals surface area contributed by atoms with Gasteiger partial charge in [0, 0.05) is 18.0 Å². The first-order valence-corrected chi connectivity index (χ1v) is 6.35. The number of imidazole rings is 1. The predicted molar refractivity (Wildman–Crippen MR) is 77.1 cm³/mol. The topological polar surface area (TPSA) is 54.6 Å². The zero-order valence-electron chi connectivity index (χ0n) is 11.3. The molecule has 2 heterocycles. The molecule has 0 saturated heterocycles. The third-order valence-electron chi connectivity index (χ3n) is 3.37. The highest BCUT2D eigenvalue weighted by Crippen LogP contribution is 2.24. The first-order valence-electron chi connectivity index (χ1n) is 6.35. The van der Waals surface area contributed by atoms with Crippen molar-refractivity contribution in [2.24, 2.45) is 0 Å². The number of fused-ring (bicyclic) bond motifs is 1. The number of pyridine rings is 1. The number of hydrogen-bond donors (Lipinski definition) is 1. The lowest BCUT2D eigenvalue weighted by atomic mass is 10.0. The van der Waals surface area contributed by atoms with Gasteiger partial charge in [0.05, 0.1) is 5.69 Å². The molecule has 0 amide bonds. The molecular formula is C16H14N2O2. The summed E-state index contributed by atoms with van der Waals surface area (Å²) in [6.07, 6.45) is 3.67. The molecule has 4 nitrogen and oxygen atoms in total. The van der Waals surface area contributed by atoms with Crippen LogP contribution in [0.25, 0.3) is 16.9 Å². The highest BCUT2D eigenvalue weighted by atomic mass is 16.4. The van der Waals surface area contributed by atoms with Crippen molar-refractivity contribution in [2.45, 2.75) is 13.8 Å². The largest absolute Gasteiger partial charge is 0.478 e. The molecule has 2 aromatic heterocycles. The van der Waals surface area contributed by atoms with Gasteiger partial charge in [-0.2, -0.15) is 0 Å². The lowest BCUT2D eigenvalue weighted by molar-refractivity contribution is 0.0698. The van der Waals surface area contributed by atoms with Gasteiger partial charge in [0.25, 0.3) is 0 Å². The molecule has 4 heteroatoms. The number of benzene rings is 1. The Hall–Kier alpha value is -2.62. The van der Waals surface area contributed by atoms with Crippen LogP contribution in [0.3, 0.4) is 0 Å². The van der Waals surface area contributed by atoms with Crippen molar-refractivity contribution in [3.63, 3.8) is 0 Å². The number of aromatic nitrogens is 2. The van der Waals surface area contributed by atoms with Gasteiger partial charge in [-0.25, -0.2) is 9.78 Å². The number of carboxylic acid groups (broad SMARTS) is 1. The average molecular weight is 266 g/mol. The number of rotatable bonds is 2. The van der Waals surface area contributed by atoms with E-state index in [2.05, 4.69) is 11.1 Å². The van der Waals surface area contributed by atoms with Crippen molar-refractivity contribution >= 4 is 11.6 Å². The maximum Gasteiger partial charge on any atom is 0.339 e. The smallest absolute Gasteiger partial charge is 0.339 e. The Labute approximate surface area is 116 Å². The van der Waals surface area contributed by atoms with E-state index < -0.39 is 5.97 Å². The summed E-state index contributed by atoms with van der Waals surface area (Å²) in [5, 5.41) is 9.20. The van der Waals surface area contributed by atoms with Crippen molar-refractivity contribution in [1.29, 1.82) is 0 Å². The zero-order valence-corrected chi connectivity index (χ0v) is 11.3. The van der Waals surface area contributed by atoms with Crippen molar-refractivity contribution in [1.82, 2.24) is 9.38 Å². The van der Waals surface area contributed by atoms with E-state index in [1.807, 2.05) is 38.4 Å². The van der Waals surface area contributed by atoms with Crippen molar-refractivity contribution in [2.75, 3.05) is 0 Å². The van der Waals surface area contributed by atoms with Gasteiger partial charge in [-0.05, 0) is 31.5 Å². The fourth-order valence-corrected chi connectivity index (χ4v) is 2.41. The molecule has 0 fully saturated rings. The van der Waals surface area contributed by atoms with Gasteiger partial charge in [-0.1, -0.05) is 23.8 Å². The molecule has 0 unspecified atom stereocenters. The van der Waals surface area contributed by atoms with Crippen LogP contribution in [0.2, 0.25) is 0 Å². The number of aryl methyl sites for hydroxylation is 2. The quantitative estimate of drug-likeness (QED) is 0.774. The minimum absolute atomic E-state index is 0.212. The Morgan fingerprint density at radius 1 is 1.25 bits per heavy atom. The van der Waals surface area contributed by atoms with Crippen LogP contribution in [0.5, 0.6) is 0 Å². The fraction of sp³-hybridized carbons (Fsp3) is 0.125. The van der Waals surface area contributed by atoms with Crippen LogP contribution in [0.1, 0.15) is 21.5 Å². The Morgan fingerprint density at radius 3 is 2.75 bits per heavy atom. The normalized spacial score (nSPS) is 10.9. The van der Waals surface area contributed by atoms with Gasteiger partial charge in [0.2, 0.25) is 0 Å². The summed E-state index contributed by atoms with van der Waals surface area (Å²) in [6, 6.07) is 9.43. The molecule has 3 rings (SSSR count). The molecule has 1 N–H and O–H groups in total. The number of carbonyl (C=O) groups is 1. The van der Waals surface area contributed by atoms with E-state index in [1.165, 1.54) is 5.56 Å². The first kappa shape index (κ1) is 12.4. The third-order valence-corrected chi connectivity index (χ3v) is 3.37. The summed E-state index contributed by atoms with van der Waals surface area (Å²) in [5.74, 6) is -0.964. The standard InChI is InChI=1S/C16H14N2O2/c1-10-5-6-12(11(2)8-10)14-9-18-7-3-4-13(16(19)20)15(18)17-14/h3-9H,1-2H3,(H,19,20). The van der Waals surface area contributed by atoms with E-state index in [1.54, 1.807) is 16.5 Å². The van der Waals surface area contributed by atoms with E-state index in [0.29, 0.717) is 5.65 Å². The molecule has 0 bridgehead atoms. The number of nitrogens with zero attached hydrogens (tertiary/aromatic N) is 2. The number of hydrogen-bond acceptors (Lipinski definition) is 2. The van der Waals surface area contributed by atoms with E-state index in [-0.39, 0.29) is 5.56 Å². The lowest BCUT2D eigenvalue weighted by Crippen LogP contribution is -1.99. The van der Waals surface area contributed by atoms with Crippen molar-refractivity contribution < 1.29 is 9.90 Å². The van der Waals surface area contributed by atoms with Crippen molar-refractivity contribution in [3.8, 4) is 11.3 Å². The van der Waals surface area contributed by atoms with Crippen LogP contribution in [-0.4, -0.2) is 20.5 Å². The third kappa shape index (κ3) is 1.95. The SMILES string of the molecule is Cc1ccc(-c2cn3cccc(C(=O)O)c3n2)c(C)c1. The van der Waals surface area contributed by atoms with Crippen LogP contribution in [0, 0.1) is 13.8 Å². The summed E-state index contributed by atoms with van der Waals surface area (Å²) in [4.78, 5) is 15.7. The molecule has 0 aliphatic carbocycles. The van der Waals surface area contributed by atoms with Crippen LogP contribution < -0.4 is 0 Å². The molecule has 0 aliphatic rings. The molecular weight excluding hydrogens is 252 g/mol. The Balaban J connectivity index is 2.23. The molecule has 0 aliphatic heterocycles.